The molecule has 0 saturated carbocycles. The molecular weight excluding hydrogens is 324 g/mol. The molecule has 0 aliphatic carbocycles. The second kappa shape index (κ2) is 8.72. The fourth-order valence-corrected chi connectivity index (χ4v) is 2.70. The largest absolute Gasteiger partial charge is 0.508 e. The van der Waals surface area contributed by atoms with E-state index in [1.165, 1.54) is 12.1 Å². The van der Waals surface area contributed by atoms with Gasteiger partial charge >= 0.3 is 0 Å². The van der Waals surface area contributed by atoms with Crippen molar-refractivity contribution in [3.05, 3.63) is 82.1 Å². The van der Waals surface area contributed by atoms with Crippen LogP contribution in [0.2, 0.25) is 5.02 Å². The van der Waals surface area contributed by atoms with Crippen molar-refractivity contribution >= 4 is 11.6 Å². The highest BCUT2D eigenvalue weighted by Gasteiger charge is 2.11. The summed E-state index contributed by atoms with van der Waals surface area (Å²) in [4.78, 5) is 0. The van der Waals surface area contributed by atoms with Crippen LogP contribution in [0.5, 0.6) is 5.75 Å². The average molecular weight is 345 g/mol. The molecule has 2 atom stereocenters. The van der Waals surface area contributed by atoms with E-state index in [1.54, 1.807) is 12.1 Å². The first-order valence-electron chi connectivity index (χ1n) is 7.77. The number of halogens is 1. The van der Waals surface area contributed by atoms with Crippen molar-refractivity contribution in [2.45, 2.75) is 32.0 Å². The van der Waals surface area contributed by atoms with Gasteiger partial charge in [0.15, 0.2) is 0 Å². The highest BCUT2D eigenvalue weighted by molar-refractivity contribution is 6.31. The number of aromatic hydroxyl groups is 1. The van der Waals surface area contributed by atoms with E-state index >= 15 is 0 Å². The van der Waals surface area contributed by atoms with Crippen molar-refractivity contribution in [1.82, 2.24) is 0 Å². The summed E-state index contributed by atoms with van der Waals surface area (Å²) >= 11 is 6.01. The SMILES string of the molecule is CC(=C=CC[C@@H](O)c1ccc(O)cc1Cl)C[C@@H](O)c1ccccc1. The minimum atomic E-state index is -0.766. The predicted molar refractivity (Wildman–Crippen MR) is 96.0 cm³/mol. The van der Waals surface area contributed by atoms with Gasteiger partial charge in [0.05, 0.1) is 17.2 Å². The minimum Gasteiger partial charge on any atom is -0.508 e. The van der Waals surface area contributed by atoms with Crippen LogP contribution >= 0.6 is 11.6 Å². The van der Waals surface area contributed by atoms with Gasteiger partial charge in [0.1, 0.15) is 5.75 Å². The molecule has 2 rings (SSSR count). The third-order valence-corrected chi connectivity index (χ3v) is 4.04. The second-order valence-electron chi connectivity index (χ2n) is 5.72. The summed E-state index contributed by atoms with van der Waals surface area (Å²) in [5, 5.41) is 30.0. The van der Waals surface area contributed by atoms with Gasteiger partial charge in [0.2, 0.25) is 0 Å². The Morgan fingerprint density at radius 3 is 2.50 bits per heavy atom. The summed E-state index contributed by atoms with van der Waals surface area (Å²) in [7, 11) is 0. The first kappa shape index (κ1) is 18.3. The summed E-state index contributed by atoms with van der Waals surface area (Å²) in [6.45, 7) is 1.89. The Labute approximate surface area is 147 Å². The number of phenolic OH excluding ortho intramolecular Hbond substituents is 1. The minimum absolute atomic E-state index is 0.0668. The van der Waals surface area contributed by atoms with Gasteiger partial charge in [-0.3, -0.25) is 0 Å². The molecule has 0 bridgehead atoms. The zero-order chi connectivity index (χ0) is 17.5. The van der Waals surface area contributed by atoms with Gasteiger partial charge in [0, 0.05) is 12.8 Å². The first-order valence-corrected chi connectivity index (χ1v) is 8.15. The van der Waals surface area contributed by atoms with E-state index in [9.17, 15) is 15.3 Å². The monoisotopic (exact) mass is 344 g/mol. The molecule has 0 unspecified atom stereocenters. The van der Waals surface area contributed by atoms with E-state index in [0.29, 0.717) is 23.4 Å². The van der Waals surface area contributed by atoms with Crippen LogP contribution in [0.1, 0.15) is 43.1 Å². The van der Waals surface area contributed by atoms with Crippen LogP contribution in [0.4, 0.5) is 0 Å². The fourth-order valence-electron chi connectivity index (χ4n) is 2.40. The molecule has 0 aliphatic rings. The molecule has 0 radical (unpaired) electrons. The zero-order valence-electron chi connectivity index (χ0n) is 13.5. The normalized spacial score (nSPS) is 13.0. The Balaban J connectivity index is 1.97. The summed E-state index contributed by atoms with van der Waals surface area (Å²) in [5.74, 6) is 0.0668. The van der Waals surface area contributed by atoms with E-state index in [2.05, 4.69) is 5.73 Å². The van der Waals surface area contributed by atoms with Crippen molar-refractivity contribution in [2.75, 3.05) is 0 Å². The quantitative estimate of drug-likeness (QED) is 0.666. The number of benzene rings is 2. The fraction of sp³-hybridized carbons (Fsp3) is 0.250. The number of hydrogen-bond donors (Lipinski definition) is 3. The van der Waals surface area contributed by atoms with Crippen LogP contribution < -0.4 is 0 Å². The Morgan fingerprint density at radius 1 is 1.12 bits per heavy atom. The molecule has 0 aromatic heterocycles. The predicted octanol–water partition coefficient (Wildman–Crippen LogP) is 4.69. The van der Waals surface area contributed by atoms with Gasteiger partial charge in [0.25, 0.3) is 0 Å². The molecule has 4 heteroatoms. The van der Waals surface area contributed by atoms with Gasteiger partial charge < -0.3 is 15.3 Å². The number of aliphatic hydroxyl groups is 2. The molecule has 0 heterocycles. The maximum absolute atomic E-state index is 10.2. The molecule has 0 amide bonds. The van der Waals surface area contributed by atoms with Crippen LogP contribution in [0, 0.1) is 0 Å². The number of rotatable bonds is 6. The summed E-state index contributed by atoms with van der Waals surface area (Å²) in [5.41, 5.74) is 5.43. The summed E-state index contributed by atoms with van der Waals surface area (Å²) < 4.78 is 0. The molecule has 126 valence electrons. The van der Waals surface area contributed by atoms with E-state index in [4.69, 9.17) is 11.6 Å². The molecule has 2 aromatic carbocycles. The van der Waals surface area contributed by atoms with Crippen LogP contribution in [0.15, 0.2) is 65.9 Å². The molecular formula is C20H21ClO3. The maximum atomic E-state index is 10.2. The average Bonchev–Trinajstić information content (AvgIpc) is 2.55. The standard InChI is InChI=1S/C20H21ClO3/c1-14(12-20(24)15-7-3-2-4-8-15)6-5-9-19(23)17-11-10-16(22)13-18(17)21/h2-5,7-8,10-11,13,19-20,22-24H,9,12H2,1H3/t6?,19-,20-/m1/s1. The summed E-state index contributed by atoms with van der Waals surface area (Å²) in [6.07, 6.45) is 1.24. The van der Waals surface area contributed by atoms with Gasteiger partial charge in [-0.25, -0.2) is 0 Å². The van der Waals surface area contributed by atoms with Crippen molar-refractivity contribution in [3.63, 3.8) is 0 Å². The van der Waals surface area contributed by atoms with Gasteiger partial charge in [-0.15, -0.1) is 5.73 Å². The van der Waals surface area contributed by atoms with Crippen LogP contribution in [0.25, 0.3) is 0 Å². The first-order chi connectivity index (χ1) is 11.5. The highest BCUT2D eigenvalue weighted by Crippen LogP contribution is 2.28. The van der Waals surface area contributed by atoms with E-state index in [-0.39, 0.29) is 5.75 Å². The van der Waals surface area contributed by atoms with E-state index < -0.39 is 12.2 Å². The molecule has 3 N–H and O–H groups in total. The van der Waals surface area contributed by atoms with Crippen molar-refractivity contribution in [3.8, 4) is 5.75 Å². The maximum Gasteiger partial charge on any atom is 0.117 e. The zero-order valence-corrected chi connectivity index (χ0v) is 14.2. The molecule has 0 saturated heterocycles. The van der Waals surface area contributed by atoms with Gasteiger partial charge in [-0.2, -0.15) is 0 Å². The van der Waals surface area contributed by atoms with Crippen molar-refractivity contribution < 1.29 is 15.3 Å². The number of phenols is 1. The Kier molecular flexibility index (Phi) is 6.65. The lowest BCUT2D eigenvalue weighted by Gasteiger charge is -2.11. The number of aliphatic hydroxyl groups excluding tert-OH is 2. The molecule has 0 fully saturated rings. The van der Waals surface area contributed by atoms with Crippen LogP contribution in [0.3, 0.4) is 0 Å². The molecule has 2 aromatic rings. The van der Waals surface area contributed by atoms with Gasteiger partial charge in [-0.1, -0.05) is 48.0 Å². The molecule has 24 heavy (non-hydrogen) atoms. The Bertz CT molecular complexity index is 734. The Morgan fingerprint density at radius 2 is 1.83 bits per heavy atom. The third kappa shape index (κ3) is 5.26. The number of hydrogen-bond acceptors (Lipinski definition) is 3. The van der Waals surface area contributed by atoms with E-state index in [0.717, 1.165) is 11.1 Å². The molecule has 3 nitrogen and oxygen atoms in total. The smallest absolute Gasteiger partial charge is 0.117 e. The lowest BCUT2D eigenvalue weighted by Crippen LogP contribution is -1.97. The van der Waals surface area contributed by atoms with Crippen molar-refractivity contribution in [2.24, 2.45) is 0 Å². The van der Waals surface area contributed by atoms with Gasteiger partial charge in [-0.05, 0) is 41.8 Å². The highest BCUT2D eigenvalue weighted by atomic mass is 35.5. The van der Waals surface area contributed by atoms with Crippen LogP contribution in [-0.4, -0.2) is 15.3 Å². The lowest BCUT2D eigenvalue weighted by molar-refractivity contribution is 0.178. The lowest BCUT2D eigenvalue weighted by atomic mass is 10.0. The Hall–Kier alpha value is -2.03. The third-order valence-electron chi connectivity index (χ3n) is 3.72. The summed E-state index contributed by atoms with van der Waals surface area (Å²) in [6, 6.07) is 14.0. The van der Waals surface area contributed by atoms with Crippen LogP contribution in [-0.2, 0) is 0 Å². The topological polar surface area (TPSA) is 60.7 Å². The molecule has 0 spiro atoms. The van der Waals surface area contributed by atoms with Crippen molar-refractivity contribution in [1.29, 1.82) is 0 Å². The second-order valence-corrected chi connectivity index (χ2v) is 6.12. The van der Waals surface area contributed by atoms with E-state index in [1.807, 2.05) is 37.3 Å². The molecule has 0 aliphatic heterocycles.